The monoisotopic (exact) mass is 245 g/mol. The smallest absolute Gasteiger partial charge is 0.304 e. The molecule has 0 aliphatic rings. The van der Waals surface area contributed by atoms with Gasteiger partial charge in [0, 0.05) is 22.5 Å². The summed E-state index contributed by atoms with van der Waals surface area (Å²) in [5.74, 6) is -0.763. The molecule has 2 N–H and O–H groups in total. The predicted molar refractivity (Wildman–Crippen MR) is 73.0 cm³/mol. The van der Waals surface area contributed by atoms with Crippen molar-refractivity contribution in [1.82, 2.24) is 4.98 Å². The SMILES string of the molecule is CCc1cccc2c(C(C)(C)CC(=O)O)c[nH]c12. The average molecular weight is 245 g/mol. The van der Waals surface area contributed by atoms with Crippen LogP contribution in [0.3, 0.4) is 0 Å². The predicted octanol–water partition coefficient (Wildman–Crippen LogP) is 3.48. The van der Waals surface area contributed by atoms with Crippen LogP contribution in [-0.2, 0) is 16.6 Å². The first kappa shape index (κ1) is 12.7. The maximum atomic E-state index is 11.0. The van der Waals surface area contributed by atoms with Crippen LogP contribution in [0.1, 0.15) is 38.3 Å². The lowest BCUT2D eigenvalue weighted by molar-refractivity contribution is -0.138. The summed E-state index contributed by atoms with van der Waals surface area (Å²) in [6.07, 6.45) is 3.06. The Kier molecular flexibility index (Phi) is 3.16. The molecule has 0 saturated heterocycles. The Morgan fingerprint density at radius 2 is 2.11 bits per heavy atom. The summed E-state index contributed by atoms with van der Waals surface area (Å²) in [4.78, 5) is 14.3. The molecule has 0 amide bonds. The summed E-state index contributed by atoms with van der Waals surface area (Å²) in [7, 11) is 0. The lowest BCUT2D eigenvalue weighted by Crippen LogP contribution is -2.21. The van der Waals surface area contributed by atoms with Crippen molar-refractivity contribution in [2.24, 2.45) is 0 Å². The molecule has 2 aromatic rings. The number of carboxylic acid groups (broad SMARTS) is 1. The second-order valence-corrected chi connectivity index (χ2v) is 5.35. The molecular formula is C15H19NO2. The van der Waals surface area contributed by atoms with Gasteiger partial charge in [-0.2, -0.15) is 0 Å². The Labute approximate surface area is 107 Å². The molecule has 0 spiro atoms. The van der Waals surface area contributed by atoms with Crippen LogP contribution in [0.25, 0.3) is 10.9 Å². The normalized spacial score (nSPS) is 11.9. The van der Waals surface area contributed by atoms with Crippen molar-refractivity contribution in [3.8, 4) is 0 Å². The first-order valence-electron chi connectivity index (χ1n) is 6.27. The van der Waals surface area contributed by atoms with Gasteiger partial charge in [-0.1, -0.05) is 39.0 Å². The number of H-pyrrole nitrogens is 1. The number of hydrogen-bond donors (Lipinski definition) is 2. The maximum Gasteiger partial charge on any atom is 0.304 e. The third-order valence-electron chi connectivity index (χ3n) is 3.50. The van der Waals surface area contributed by atoms with E-state index in [4.69, 9.17) is 5.11 Å². The van der Waals surface area contributed by atoms with Crippen LogP contribution in [0.2, 0.25) is 0 Å². The zero-order valence-electron chi connectivity index (χ0n) is 11.1. The largest absolute Gasteiger partial charge is 0.481 e. The van der Waals surface area contributed by atoms with Gasteiger partial charge in [0.2, 0.25) is 0 Å². The second-order valence-electron chi connectivity index (χ2n) is 5.35. The third-order valence-corrected chi connectivity index (χ3v) is 3.50. The van der Waals surface area contributed by atoms with Crippen molar-refractivity contribution in [2.75, 3.05) is 0 Å². The van der Waals surface area contributed by atoms with E-state index in [-0.39, 0.29) is 11.8 Å². The lowest BCUT2D eigenvalue weighted by atomic mass is 9.81. The van der Waals surface area contributed by atoms with Gasteiger partial charge in [0.05, 0.1) is 6.42 Å². The van der Waals surface area contributed by atoms with Gasteiger partial charge in [0.25, 0.3) is 0 Å². The molecule has 0 bridgehead atoms. The number of rotatable bonds is 4. The van der Waals surface area contributed by atoms with E-state index in [2.05, 4.69) is 24.0 Å². The molecule has 0 saturated carbocycles. The summed E-state index contributed by atoms with van der Waals surface area (Å²) in [5, 5.41) is 10.1. The molecule has 0 unspecified atom stereocenters. The third kappa shape index (κ3) is 2.13. The minimum atomic E-state index is -0.763. The Hall–Kier alpha value is -1.77. The van der Waals surface area contributed by atoms with Crippen LogP contribution in [0.4, 0.5) is 0 Å². The van der Waals surface area contributed by atoms with E-state index >= 15 is 0 Å². The molecule has 1 aromatic carbocycles. The summed E-state index contributed by atoms with van der Waals surface area (Å²) in [6, 6.07) is 6.20. The summed E-state index contributed by atoms with van der Waals surface area (Å²) in [6.45, 7) is 6.07. The van der Waals surface area contributed by atoms with E-state index in [0.717, 1.165) is 22.9 Å². The van der Waals surface area contributed by atoms with Crippen molar-refractivity contribution in [3.63, 3.8) is 0 Å². The van der Waals surface area contributed by atoms with E-state index in [0.29, 0.717) is 0 Å². The van der Waals surface area contributed by atoms with Gasteiger partial charge < -0.3 is 10.1 Å². The van der Waals surface area contributed by atoms with Gasteiger partial charge >= 0.3 is 5.97 Å². The van der Waals surface area contributed by atoms with E-state index in [1.54, 1.807) is 0 Å². The molecule has 3 heteroatoms. The Morgan fingerprint density at radius 3 is 2.72 bits per heavy atom. The highest BCUT2D eigenvalue weighted by Crippen LogP contribution is 2.34. The summed E-state index contributed by atoms with van der Waals surface area (Å²) in [5.41, 5.74) is 3.12. The Bertz CT molecular complexity index is 581. The quantitative estimate of drug-likeness (QED) is 0.866. The molecular weight excluding hydrogens is 226 g/mol. The first-order valence-corrected chi connectivity index (χ1v) is 6.27. The molecule has 0 aliphatic carbocycles. The maximum absolute atomic E-state index is 11.0. The van der Waals surface area contributed by atoms with Gasteiger partial charge in [-0.05, 0) is 17.5 Å². The van der Waals surface area contributed by atoms with Crippen LogP contribution < -0.4 is 0 Å². The molecule has 0 radical (unpaired) electrons. The number of hydrogen-bond acceptors (Lipinski definition) is 1. The fourth-order valence-corrected chi connectivity index (χ4v) is 2.54. The lowest BCUT2D eigenvalue weighted by Gasteiger charge is -2.22. The van der Waals surface area contributed by atoms with E-state index in [9.17, 15) is 4.79 Å². The van der Waals surface area contributed by atoms with E-state index < -0.39 is 5.97 Å². The first-order chi connectivity index (χ1) is 8.45. The highest BCUT2D eigenvalue weighted by atomic mass is 16.4. The number of benzene rings is 1. The number of aliphatic carboxylic acids is 1. The summed E-state index contributed by atoms with van der Waals surface area (Å²) >= 11 is 0. The van der Waals surface area contributed by atoms with Crippen LogP contribution in [0.5, 0.6) is 0 Å². The molecule has 1 aromatic heterocycles. The minimum Gasteiger partial charge on any atom is -0.481 e. The number of nitrogens with one attached hydrogen (secondary N) is 1. The van der Waals surface area contributed by atoms with Crippen molar-refractivity contribution in [1.29, 1.82) is 0 Å². The van der Waals surface area contributed by atoms with Gasteiger partial charge in [-0.3, -0.25) is 4.79 Å². The molecule has 1 heterocycles. The van der Waals surface area contributed by atoms with Crippen LogP contribution in [-0.4, -0.2) is 16.1 Å². The summed E-state index contributed by atoms with van der Waals surface area (Å²) < 4.78 is 0. The molecule has 18 heavy (non-hydrogen) atoms. The Morgan fingerprint density at radius 1 is 1.39 bits per heavy atom. The van der Waals surface area contributed by atoms with Crippen LogP contribution in [0.15, 0.2) is 24.4 Å². The van der Waals surface area contributed by atoms with Crippen molar-refractivity contribution in [2.45, 2.75) is 39.0 Å². The van der Waals surface area contributed by atoms with Crippen molar-refractivity contribution >= 4 is 16.9 Å². The molecule has 3 nitrogen and oxygen atoms in total. The highest BCUT2D eigenvalue weighted by molar-refractivity contribution is 5.87. The fraction of sp³-hybridized carbons (Fsp3) is 0.400. The molecule has 96 valence electrons. The molecule has 0 fully saturated rings. The van der Waals surface area contributed by atoms with Crippen LogP contribution >= 0.6 is 0 Å². The molecule has 2 rings (SSSR count). The number of aromatic nitrogens is 1. The Balaban J connectivity index is 2.56. The molecule has 0 aliphatic heterocycles. The number of aryl methyl sites for hydroxylation is 1. The number of carboxylic acids is 1. The minimum absolute atomic E-state index is 0.135. The van der Waals surface area contributed by atoms with Crippen molar-refractivity contribution in [3.05, 3.63) is 35.5 Å². The highest BCUT2D eigenvalue weighted by Gasteiger charge is 2.27. The standard InChI is InChI=1S/C15H19NO2/c1-4-10-6-5-7-11-12(9-16-14(10)11)15(2,3)8-13(17)18/h5-7,9,16H,4,8H2,1-3H3,(H,17,18). The van der Waals surface area contributed by atoms with Gasteiger partial charge in [0.1, 0.15) is 0 Å². The zero-order valence-corrected chi connectivity index (χ0v) is 11.1. The topological polar surface area (TPSA) is 53.1 Å². The van der Waals surface area contributed by atoms with Gasteiger partial charge in [0.15, 0.2) is 0 Å². The van der Waals surface area contributed by atoms with Crippen LogP contribution in [0, 0.1) is 0 Å². The number of para-hydroxylation sites is 1. The van der Waals surface area contributed by atoms with Crippen molar-refractivity contribution < 1.29 is 9.90 Å². The van der Waals surface area contributed by atoms with E-state index in [1.807, 2.05) is 26.1 Å². The number of fused-ring (bicyclic) bond motifs is 1. The fourth-order valence-electron chi connectivity index (χ4n) is 2.54. The van der Waals surface area contributed by atoms with Gasteiger partial charge in [-0.15, -0.1) is 0 Å². The zero-order chi connectivity index (χ0) is 13.3. The average Bonchev–Trinajstić information content (AvgIpc) is 2.71. The van der Waals surface area contributed by atoms with Gasteiger partial charge in [-0.25, -0.2) is 0 Å². The molecule has 0 atom stereocenters. The second kappa shape index (κ2) is 4.48. The number of aromatic amines is 1. The van der Waals surface area contributed by atoms with E-state index in [1.165, 1.54) is 5.56 Å². The number of carbonyl (C=O) groups is 1.